The van der Waals surface area contributed by atoms with Crippen molar-refractivity contribution in [2.45, 2.75) is 45.3 Å². The molecule has 1 saturated heterocycles. The van der Waals surface area contributed by atoms with Gasteiger partial charge in [-0.1, -0.05) is 44.5 Å². The van der Waals surface area contributed by atoms with E-state index in [1.165, 1.54) is 12.1 Å². The van der Waals surface area contributed by atoms with Gasteiger partial charge in [-0.15, -0.1) is 0 Å². The Kier molecular flexibility index (Phi) is 5.63. The predicted octanol–water partition coefficient (Wildman–Crippen LogP) is 5.41. The normalized spacial score (nSPS) is 17.8. The number of esters is 1. The first-order chi connectivity index (χ1) is 16.9. The quantitative estimate of drug-likeness (QED) is 0.474. The Hall–Kier alpha value is -3.39. The Labute approximate surface area is 212 Å². The number of carbonyl (C=O) groups is 3. The summed E-state index contributed by atoms with van der Waals surface area (Å²) in [5.41, 5.74) is 0.343. The van der Waals surface area contributed by atoms with Gasteiger partial charge in [-0.25, -0.2) is 14.0 Å². The van der Waals surface area contributed by atoms with Crippen molar-refractivity contribution >= 4 is 40.3 Å². The maximum Gasteiger partial charge on any atom is 0.339 e. The molecular formula is C27H26ClFN2O5. The molecule has 1 N–H and O–H groups in total. The fourth-order valence-electron chi connectivity index (χ4n) is 5.50. The van der Waals surface area contributed by atoms with Crippen LogP contribution in [0.2, 0.25) is 5.02 Å². The van der Waals surface area contributed by atoms with E-state index in [0.29, 0.717) is 53.0 Å². The number of piperidine rings is 1. The SMILES string of the molecule is CC(C)(C)C(C(=O)O)n1cc(C(=O)N2CCC3(CC2)OC(=O)c2cc(F)ccc23)c2ccc(Cl)cc21. The summed E-state index contributed by atoms with van der Waals surface area (Å²) < 4.78 is 21.0. The number of nitrogens with zero attached hydrogens (tertiary/aromatic N) is 2. The third kappa shape index (κ3) is 3.84. The number of halogens is 2. The van der Waals surface area contributed by atoms with Crippen molar-refractivity contribution in [2.75, 3.05) is 13.1 Å². The van der Waals surface area contributed by atoms with Crippen LogP contribution >= 0.6 is 11.6 Å². The van der Waals surface area contributed by atoms with Crippen LogP contribution in [0.4, 0.5) is 4.39 Å². The molecule has 2 aliphatic heterocycles. The summed E-state index contributed by atoms with van der Waals surface area (Å²) in [5.74, 6) is -2.29. The van der Waals surface area contributed by atoms with Crippen molar-refractivity contribution in [1.82, 2.24) is 9.47 Å². The van der Waals surface area contributed by atoms with Gasteiger partial charge in [0.15, 0.2) is 0 Å². The third-order valence-corrected chi connectivity index (χ3v) is 7.43. The second-order valence-electron chi connectivity index (χ2n) is 10.6. The van der Waals surface area contributed by atoms with Crippen LogP contribution in [0.5, 0.6) is 0 Å². The third-order valence-electron chi connectivity index (χ3n) is 7.20. The van der Waals surface area contributed by atoms with E-state index in [1.807, 2.05) is 20.8 Å². The topological polar surface area (TPSA) is 88.8 Å². The molecule has 188 valence electrons. The highest BCUT2D eigenvalue weighted by molar-refractivity contribution is 6.31. The first kappa shape index (κ1) is 24.3. The van der Waals surface area contributed by atoms with E-state index in [-0.39, 0.29) is 11.5 Å². The number of aromatic nitrogens is 1. The molecule has 1 unspecified atom stereocenters. The molecule has 7 nitrogen and oxygen atoms in total. The molecule has 1 amide bonds. The lowest BCUT2D eigenvalue weighted by Crippen LogP contribution is -2.45. The largest absolute Gasteiger partial charge is 0.480 e. The fourth-order valence-corrected chi connectivity index (χ4v) is 5.66. The first-order valence-electron chi connectivity index (χ1n) is 11.8. The Morgan fingerprint density at radius 2 is 1.83 bits per heavy atom. The standard InChI is InChI=1S/C27H26ClFN2O5/c1-26(2,3)22(24(33)34)31-14-19(17-6-4-15(28)12-21(17)31)23(32)30-10-8-27(9-11-30)20-7-5-16(29)13-18(20)25(35)36-27/h4-7,12-14,22H,8-11H2,1-3H3,(H,33,34). The Balaban J connectivity index is 1.47. The van der Waals surface area contributed by atoms with Crippen molar-refractivity contribution in [1.29, 1.82) is 0 Å². The minimum Gasteiger partial charge on any atom is -0.480 e. The van der Waals surface area contributed by atoms with Gasteiger partial charge in [0, 0.05) is 48.1 Å². The number of carboxylic acids is 1. The van der Waals surface area contributed by atoms with Gasteiger partial charge in [0.25, 0.3) is 5.91 Å². The van der Waals surface area contributed by atoms with Crippen LogP contribution in [-0.4, -0.2) is 45.5 Å². The Bertz CT molecular complexity index is 1420. The molecule has 2 aliphatic rings. The molecular weight excluding hydrogens is 487 g/mol. The summed E-state index contributed by atoms with van der Waals surface area (Å²) in [6.07, 6.45) is 2.37. The molecule has 3 heterocycles. The average molecular weight is 513 g/mol. The number of hydrogen-bond acceptors (Lipinski definition) is 4. The van der Waals surface area contributed by atoms with E-state index in [4.69, 9.17) is 16.3 Å². The van der Waals surface area contributed by atoms with E-state index in [9.17, 15) is 23.9 Å². The van der Waals surface area contributed by atoms with Crippen LogP contribution in [-0.2, 0) is 15.1 Å². The number of likely N-dealkylation sites (tertiary alicyclic amines) is 1. The number of rotatable bonds is 3. The number of hydrogen-bond donors (Lipinski definition) is 1. The zero-order valence-electron chi connectivity index (χ0n) is 20.2. The summed E-state index contributed by atoms with van der Waals surface area (Å²) >= 11 is 6.24. The first-order valence-corrected chi connectivity index (χ1v) is 12.1. The minimum absolute atomic E-state index is 0.233. The molecule has 0 saturated carbocycles. The minimum atomic E-state index is -1.00. The highest BCUT2D eigenvalue weighted by Crippen LogP contribution is 2.45. The number of carbonyl (C=O) groups excluding carboxylic acids is 2. The lowest BCUT2D eigenvalue weighted by molar-refractivity contribution is -0.144. The fraction of sp³-hybridized carbons (Fsp3) is 0.370. The van der Waals surface area contributed by atoms with E-state index < -0.39 is 34.8 Å². The summed E-state index contributed by atoms with van der Waals surface area (Å²) in [4.78, 5) is 40.0. The van der Waals surface area contributed by atoms with Gasteiger partial charge in [-0.3, -0.25) is 4.79 Å². The van der Waals surface area contributed by atoms with Crippen LogP contribution in [0, 0.1) is 11.2 Å². The number of ether oxygens (including phenoxy) is 1. The average Bonchev–Trinajstić information content (AvgIpc) is 3.27. The lowest BCUT2D eigenvalue weighted by Gasteiger charge is -2.38. The van der Waals surface area contributed by atoms with Crippen molar-refractivity contribution in [3.05, 3.63) is 70.1 Å². The molecule has 1 fully saturated rings. The van der Waals surface area contributed by atoms with Crippen molar-refractivity contribution in [3.8, 4) is 0 Å². The highest BCUT2D eigenvalue weighted by atomic mass is 35.5. The van der Waals surface area contributed by atoms with Crippen LogP contribution in [0.15, 0.2) is 42.6 Å². The van der Waals surface area contributed by atoms with Gasteiger partial charge in [0.1, 0.15) is 17.5 Å². The zero-order chi connectivity index (χ0) is 26.0. The van der Waals surface area contributed by atoms with Gasteiger partial charge in [0.05, 0.1) is 16.6 Å². The number of benzene rings is 2. The van der Waals surface area contributed by atoms with Crippen molar-refractivity contribution < 1.29 is 28.6 Å². The molecule has 5 rings (SSSR count). The van der Waals surface area contributed by atoms with E-state index in [1.54, 1.807) is 39.9 Å². The summed E-state index contributed by atoms with van der Waals surface area (Å²) in [6, 6.07) is 8.26. The summed E-state index contributed by atoms with van der Waals surface area (Å²) in [7, 11) is 0. The van der Waals surface area contributed by atoms with Crippen LogP contribution in [0.1, 0.15) is 65.9 Å². The smallest absolute Gasteiger partial charge is 0.339 e. The number of carboxylic acid groups (broad SMARTS) is 1. The summed E-state index contributed by atoms with van der Waals surface area (Å²) in [6.45, 7) is 6.15. The number of fused-ring (bicyclic) bond motifs is 3. The Morgan fingerprint density at radius 3 is 2.47 bits per heavy atom. The molecule has 1 spiro atoms. The molecule has 0 radical (unpaired) electrons. The van der Waals surface area contributed by atoms with Gasteiger partial charge < -0.3 is 19.3 Å². The van der Waals surface area contributed by atoms with Gasteiger partial charge in [0.2, 0.25) is 0 Å². The molecule has 1 aromatic heterocycles. The molecule has 0 aliphatic carbocycles. The second-order valence-corrected chi connectivity index (χ2v) is 11.0. The predicted molar refractivity (Wildman–Crippen MR) is 132 cm³/mol. The Morgan fingerprint density at radius 1 is 1.14 bits per heavy atom. The zero-order valence-corrected chi connectivity index (χ0v) is 20.9. The van der Waals surface area contributed by atoms with E-state index in [2.05, 4.69) is 0 Å². The number of aliphatic carboxylic acids is 1. The maximum absolute atomic E-state index is 13.7. The molecule has 0 bridgehead atoms. The maximum atomic E-state index is 13.7. The van der Waals surface area contributed by atoms with Crippen LogP contribution in [0.25, 0.3) is 10.9 Å². The molecule has 3 aromatic rings. The van der Waals surface area contributed by atoms with Gasteiger partial charge in [-0.2, -0.15) is 0 Å². The molecule has 9 heteroatoms. The lowest BCUT2D eigenvalue weighted by atomic mass is 9.83. The van der Waals surface area contributed by atoms with E-state index in [0.717, 1.165) is 0 Å². The highest BCUT2D eigenvalue weighted by Gasteiger charge is 2.48. The second kappa shape index (κ2) is 8.34. The van der Waals surface area contributed by atoms with Gasteiger partial charge in [-0.05, 0) is 29.7 Å². The van der Waals surface area contributed by atoms with Crippen LogP contribution in [0.3, 0.4) is 0 Å². The van der Waals surface area contributed by atoms with Crippen molar-refractivity contribution in [3.63, 3.8) is 0 Å². The number of amides is 1. The summed E-state index contributed by atoms with van der Waals surface area (Å²) in [5, 5.41) is 11.1. The molecule has 36 heavy (non-hydrogen) atoms. The molecule has 2 aromatic carbocycles. The van der Waals surface area contributed by atoms with Gasteiger partial charge >= 0.3 is 11.9 Å². The molecule has 1 atom stereocenters. The monoisotopic (exact) mass is 512 g/mol. The van der Waals surface area contributed by atoms with Crippen LogP contribution < -0.4 is 0 Å². The van der Waals surface area contributed by atoms with Crippen molar-refractivity contribution in [2.24, 2.45) is 5.41 Å². The van der Waals surface area contributed by atoms with E-state index >= 15 is 0 Å².